The summed E-state index contributed by atoms with van der Waals surface area (Å²) in [6.07, 6.45) is 0. The molecule has 0 atom stereocenters. The van der Waals surface area contributed by atoms with E-state index in [1.165, 1.54) is 0 Å². The molecule has 0 amide bonds. The molecule has 0 fully saturated rings. The fourth-order valence-electron chi connectivity index (χ4n) is 1.86. The lowest BCUT2D eigenvalue weighted by Crippen LogP contribution is -2.34. The minimum Gasteiger partial charge on any atom is -0.423 e. The Labute approximate surface area is 90.1 Å². The summed E-state index contributed by atoms with van der Waals surface area (Å²) in [5.74, 6) is 0.162. The molecule has 2 N–H and O–H groups in total. The smallest absolute Gasteiger partial charge is 0.423 e. The van der Waals surface area contributed by atoms with Gasteiger partial charge in [0.05, 0.1) is 11.6 Å². The quantitative estimate of drug-likeness (QED) is 0.694. The Kier molecular flexibility index (Phi) is 3.51. The molecule has 0 saturated heterocycles. The zero-order chi connectivity index (χ0) is 11.6. The molecule has 0 aliphatic rings. The number of benzene rings is 1. The third-order valence-electron chi connectivity index (χ3n) is 2.52. The van der Waals surface area contributed by atoms with Crippen molar-refractivity contribution >= 4 is 12.6 Å². The monoisotopic (exact) mass is 203 g/mol. The SMILES string of the molecule is Cc1c(C#N)ccc(B(O)O)c1C(C)C. The van der Waals surface area contributed by atoms with Crippen LogP contribution in [0.4, 0.5) is 0 Å². The van der Waals surface area contributed by atoms with Gasteiger partial charge in [0.2, 0.25) is 0 Å². The Morgan fingerprint density at radius 2 is 1.93 bits per heavy atom. The first-order valence-corrected chi connectivity index (χ1v) is 4.88. The maximum atomic E-state index is 9.21. The van der Waals surface area contributed by atoms with Crippen LogP contribution in [0.15, 0.2) is 12.1 Å². The minimum atomic E-state index is -1.48. The summed E-state index contributed by atoms with van der Waals surface area (Å²) in [5.41, 5.74) is 2.76. The lowest BCUT2D eigenvalue weighted by Gasteiger charge is -2.16. The summed E-state index contributed by atoms with van der Waals surface area (Å²) in [7, 11) is -1.48. The van der Waals surface area contributed by atoms with E-state index in [-0.39, 0.29) is 5.92 Å². The Bertz CT molecular complexity index is 408. The van der Waals surface area contributed by atoms with Gasteiger partial charge in [0, 0.05) is 0 Å². The Hall–Kier alpha value is -1.31. The maximum absolute atomic E-state index is 9.21. The summed E-state index contributed by atoms with van der Waals surface area (Å²) in [6, 6.07) is 5.32. The maximum Gasteiger partial charge on any atom is 0.488 e. The van der Waals surface area contributed by atoms with E-state index in [2.05, 4.69) is 6.07 Å². The molecular formula is C11H14BNO2. The predicted octanol–water partition coefficient (Wildman–Crippen LogP) is 0.670. The molecule has 1 rings (SSSR count). The van der Waals surface area contributed by atoms with Crippen LogP contribution >= 0.6 is 0 Å². The standard InChI is InChI=1S/C11H14BNO2/c1-7(2)11-8(3)9(6-13)4-5-10(11)12(14)15/h4-5,7,14-15H,1-3H3. The van der Waals surface area contributed by atoms with Crippen molar-refractivity contribution < 1.29 is 10.0 Å². The first kappa shape index (κ1) is 11.8. The van der Waals surface area contributed by atoms with E-state index >= 15 is 0 Å². The number of nitrogens with zero attached hydrogens (tertiary/aromatic N) is 1. The molecule has 0 aliphatic carbocycles. The van der Waals surface area contributed by atoms with Crippen molar-refractivity contribution in [1.82, 2.24) is 0 Å². The molecule has 15 heavy (non-hydrogen) atoms. The molecule has 3 nitrogen and oxygen atoms in total. The van der Waals surface area contributed by atoms with Gasteiger partial charge in [0.1, 0.15) is 0 Å². The number of hydrogen-bond donors (Lipinski definition) is 2. The normalized spacial score (nSPS) is 10.2. The van der Waals surface area contributed by atoms with Gasteiger partial charge in [-0.15, -0.1) is 0 Å². The van der Waals surface area contributed by atoms with Crippen molar-refractivity contribution in [1.29, 1.82) is 5.26 Å². The van der Waals surface area contributed by atoms with Gasteiger partial charge in [0.15, 0.2) is 0 Å². The summed E-state index contributed by atoms with van der Waals surface area (Å²) in [5, 5.41) is 27.3. The summed E-state index contributed by atoms with van der Waals surface area (Å²) in [4.78, 5) is 0. The summed E-state index contributed by atoms with van der Waals surface area (Å²) >= 11 is 0. The van der Waals surface area contributed by atoms with E-state index in [0.29, 0.717) is 11.0 Å². The molecule has 1 aromatic carbocycles. The van der Waals surface area contributed by atoms with Gasteiger partial charge < -0.3 is 10.0 Å². The van der Waals surface area contributed by atoms with Gasteiger partial charge in [-0.1, -0.05) is 19.9 Å². The van der Waals surface area contributed by atoms with E-state index in [1.54, 1.807) is 12.1 Å². The van der Waals surface area contributed by atoms with Gasteiger partial charge in [-0.3, -0.25) is 0 Å². The molecular weight excluding hydrogens is 189 g/mol. The van der Waals surface area contributed by atoms with Crippen molar-refractivity contribution in [3.05, 3.63) is 28.8 Å². The molecule has 0 bridgehead atoms. The van der Waals surface area contributed by atoms with Crippen molar-refractivity contribution in [3.63, 3.8) is 0 Å². The minimum absolute atomic E-state index is 0.162. The number of rotatable bonds is 2. The van der Waals surface area contributed by atoms with Gasteiger partial charge in [-0.05, 0) is 35.5 Å². The first-order valence-electron chi connectivity index (χ1n) is 4.88. The van der Waals surface area contributed by atoms with Crippen molar-refractivity contribution in [2.24, 2.45) is 0 Å². The van der Waals surface area contributed by atoms with E-state index in [9.17, 15) is 10.0 Å². The zero-order valence-electron chi connectivity index (χ0n) is 9.15. The van der Waals surface area contributed by atoms with Crippen LogP contribution in [0, 0.1) is 18.3 Å². The van der Waals surface area contributed by atoms with Gasteiger partial charge >= 0.3 is 7.12 Å². The second-order valence-electron chi connectivity index (χ2n) is 3.88. The Balaban J connectivity index is 3.46. The average molecular weight is 203 g/mol. The highest BCUT2D eigenvalue weighted by molar-refractivity contribution is 6.59. The lowest BCUT2D eigenvalue weighted by molar-refractivity contribution is 0.425. The Morgan fingerprint density at radius 3 is 2.33 bits per heavy atom. The van der Waals surface area contributed by atoms with Crippen LogP contribution in [0.5, 0.6) is 0 Å². The predicted molar refractivity (Wildman–Crippen MR) is 59.8 cm³/mol. The fourth-order valence-corrected chi connectivity index (χ4v) is 1.86. The van der Waals surface area contributed by atoms with Gasteiger partial charge in [-0.25, -0.2) is 0 Å². The topological polar surface area (TPSA) is 64.2 Å². The van der Waals surface area contributed by atoms with Crippen LogP contribution < -0.4 is 5.46 Å². The van der Waals surface area contributed by atoms with Gasteiger partial charge in [-0.2, -0.15) is 5.26 Å². The highest BCUT2D eigenvalue weighted by Crippen LogP contribution is 2.20. The molecule has 1 aromatic rings. The molecule has 4 heteroatoms. The molecule has 0 radical (unpaired) electrons. The summed E-state index contributed by atoms with van der Waals surface area (Å²) < 4.78 is 0. The van der Waals surface area contributed by atoms with Gasteiger partial charge in [0.25, 0.3) is 0 Å². The summed E-state index contributed by atoms with van der Waals surface area (Å²) in [6.45, 7) is 5.77. The third-order valence-corrected chi connectivity index (χ3v) is 2.52. The first-order chi connectivity index (χ1) is 6.99. The molecule has 0 aromatic heterocycles. The zero-order valence-corrected chi connectivity index (χ0v) is 9.15. The highest BCUT2D eigenvalue weighted by atomic mass is 16.4. The van der Waals surface area contributed by atoms with Crippen molar-refractivity contribution in [2.45, 2.75) is 26.7 Å². The molecule has 78 valence electrons. The lowest BCUT2D eigenvalue weighted by atomic mass is 9.72. The van der Waals surface area contributed by atoms with Crippen molar-refractivity contribution in [3.8, 4) is 6.07 Å². The van der Waals surface area contributed by atoms with E-state index in [1.807, 2.05) is 20.8 Å². The molecule has 0 heterocycles. The van der Waals surface area contributed by atoms with Crippen LogP contribution in [-0.4, -0.2) is 17.2 Å². The van der Waals surface area contributed by atoms with E-state index in [4.69, 9.17) is 5.26 Å². The molecule has 0 aliphatic heterocycles. The number of nitriles is 1. The van der Waals surface area contributed by atoms with Crippen LogP contribution in [0.1, 0.15) is 36.5 Å². The van der Waals surface area contributed by atoms with Crippen molar-refractivity contribution in [2.75, 3.05) is 0 Å². The van der Waals surface area contributed by atoms with Crippen LogP contribution in [-0.2, 0) is 0 Å². The average Bonchev–Trinajstić information content (AvgIpc) is 2.16. The van der Waals surface area contributed by atoms with E-state index < -0.39 is 7.12 Å². The molecule has 0 saturated carbocycles. The number of hydrogen-bond acceptors (Lipinski definition) is 3. The third kappa shape index (κ3) is 2.20. The Morgan fingerprint density at radius 1 is 1.33 bits per heavy atom. The molecule has 0 spiro atoms. The van der Waals surface area contributed by atoms with Crippen LogP contribution in [0.2, 0.25) is 0 Å². The second-order valence-corrected chi connectivity index (χ2v) is 3.88. The molecule has 0 unspecified atom stereocenters. The fraction of sp³-hybridized carbons (Fsp3) is 0.364. The highest BCUT2D eigenvalue weighted by Gasteiger charge is 2.20. The van der Waals surface area contributed by atoms with E-state index in [0.717, 1.165) is 11.1 Å². The van der Waals surface area contributed by atoms with Crippen LogP contribution in [0.3, 0.4) is 0 Å². The largest absolute Gasteiger partial charge is 0.488 e. The van der Waals surface area contributed by atoms with Crippen LogP contribution in [0.25, 0.3) is 0 Å². The second kappa shape index (κ2) is 4.48.